The minimum atomic E-state index is 0. The predicted molar refractivity (Wildman–Crippen MR) is 123 cm³/mol. The standard InChI is InChI=1S/C19H40N6.HI/c1-5-9-24-10-7-18(8-11-24)22-19(20-4)21-16-17(3)25-14-12-23(6-2)13-15-25;/h17-18H,5-16H2,1-4H3,(H2,20,21,22);1H. The number of nitrogens with zero attached hydrogens (tertiary/aromatic N) is 4. The Bertz CT molecular complexity index is 389. The summed E-state index contributed by atoms with van der Waals surface area (Å²) in [7, 11) is 1.88. The van der Waals surface area contributed by atoms with Gasteiger partial charge in [0.05, 0.1) is 0 Å². The third kappa shape index (κ3) is 7.86. The van der Waals surface area contributed by atoms with Crippen LogP contribution >= 0.6 is 24.0 Å². The fraction of sp³-hybridized carbons (Fsp3) is 0.947. The summed E-state index contributed by atoms with van der Waals surface area (Å²) in [6.45, 7) is 17.4. The number of piperidine rings is 1. The summed E-state index contributed by atoms with van der Waals surface area (Å²) in [6.07, 6.45) is 3.69. The molecule has 26 heavy (non-hydrogen) atoms. The van der Waals surface area contributed by atoms with E-state index in [0.29, 0.717) is 12.1 Å². The van der Waals surface area contributed by atoms with Crippen molar-refractivity contribution in [2.75, 3.05) is 66.0 Å². The zero-order valence-electron chi connectivity index (χ0n) is 17.3. The first kappa shape index (κ1) is 23.9. The van der Waals surface area contributed by atoms with E-state index in [0.717, 1.165) is 12.5 Å². The van der Waals surface area contributed by atoms with E-state index in [9.17, 15) is 0 Å². The van der Waals surface area contributed by atoms with Gasteiger partial charge in [-0.15, -0.1) is 24.0 Å². The first-order chi connectivity index (χ1) is 12.2. The molecule has 2 aliphatic rings. The number of nitrogens with one attached hydrogen (secondary N) is 2. The Labute approximate surface area is 178 Å². The summed E-state index contributed by atoms with van der Waals surface area (Å²) in [4.78, 5) is 12.1. The highest BCUT2D eigenvalue weighted by Gasteiger charge is 2.22. The molecule has 0 aromatic carbocycles. The minimum absolute atomic E-state index is 0. The zero-order valence-corrected chi connectivity index (χ0v) is 19.7. The molecule has 6 nitrogen and oxygen atoms in total. The Morgan fingerprint density at radius 3 is 2.23 bits per heavy atom. The quantitative estimate of drug-likeness (QED) is 0.330. The van der Waals surface area contributed by atoms with E-state index in [4.69, 9.17) is 0 Å². The molecule has 2 rings (SSSR count). The summed E-state index contributed by atoms with van der Waals surface area (Å²) in [5, 5.41) is 7.17. The molecule has 2 saturated heterocycles. The molecular weight excluding hydrogens is 439 g/mol. The molecular formula is C19H41IN6. The summed E-state index contributed by atoms with van der Waals surface area (Å²) in [5.74, 6) is 0.966. The first-order valence-electron chi connectivity index (χ1n) is 10.3. The maximum absolute atomic E-state index is 4.43. The van der Waals surface area contributed by atoms with Crippen molar-refractivity contribution in [3.63, 3.8) is 0 Å². The smallest absolute Gasteiger partial charge is 0.191 e. The Kier molecular flexibility index (Phi) is 12.1. The monoisotopic (exact) mass is 480 g/mol. The summed E-state index contributed by atoms with van der Waals surface area (Å²) < 4.78 is 0. The van der Waals surface area contributed by atoms with Crippen molar-refractivity contribution in [3.8, 4) is 0 Å². The van der Waals surface area contributed by atoms with Crippen LogP contribution in [-0.2, 0) is 0 Å². The lowest BCUT2D eigenvalue weighted by Gasteiger charge is -2.38. The van der Waals surface area contributed by atoms with Crippen molar-refractivity contribution in [2.24, 2.45) is 4.99 Å². The molecule has 0 aliphatic carbocycles. The number of likely N-dealkylation sites (tertiary alicyclic amines) is 1. The lowest BCUT2D eigenvalue weighted by molar-refractivity contribution is 0.107. The molecule has 1 atom stereocenters. The molecule has 2 N–H and O–H groups in total. The van der Waals surface area contributed by atoms with Crippen LogP contribution in [-0.4, -0.2) is 98.7 Å². The fourth-order valence-electron chi connectivity index (χ4n) is 3.90. The van der Waals surface area contributed by atoms with Crippen molar-refractivity contribution >= 4 is 29.9 Å². The van der Waals surface area contributed by atoms with Crippen LogP contribution in [0, 0.1) is 0 Å². The van der Waals surface area contributed by atoms with E-state index in [2.05, 4.69) is 51.1 Å². The molecule has 0 aromatic rings. The third-order valence-corrected chi connectivity index (χ3v) is 5.73. The molecule has 0 saturated carbocycles. The second-order valence-corrected chi connectivity index (χ2v) is 7.53. The Morgan fingerprint density at radius 1 is 1.04 bits per heavy atom. The molecule has 1 unspecified atom stereocenters. The lowest BCUT2D eigenvalue weighted by Crippen LogP contribution is -2.54. The van der Waals surface area contributed by atoms with E-state index < -0.39 is 0 Å². The fourth-order valence-corrected chi connectivity index (χ4v) is 3.90. The average Bonchev–Trinajstić information content (AvgIpc) is 2.66. The highest BCUT2D eigenvalue weighted by Crippen LogP contribution is 2.10. The number of piperazine rings is 1. The molecule has 0 amide bonds. The highest BCUT2D eigenvalue weighted by molar-refractivity contribution is 14.0. The van der Waals surface area contributed by atoms with Crippen LogP contribution < -0.4 is 10.6 Å². The van der Waals surface area contributed by atoms with Crippen LogP contribution in [0.5, 0.6) is 0 Å². The van der Waals surface area contributed by atoms with Gasteiger partial charge in [-0.25, -0.2) is 0 Å². The van der Waals surface area contributed by atoms with Crippen LogP contribution in [0.2, 0.25) is 0 Å². The largest absolute Gasteiger partial charge is 0.355 e. The maximum atomic E-state index is 4.43. The molecule has 0 bridgehead atoms. The summed E-state index contributed by atoms with van der Waals surface area (Å²) in [6, 6.07) is 1.10. The number of aliphatic imine (C=N–C) groups is 1. The molecule has 0 spiro atoms. The maximum Gasteiger partial charge on any atom is 0.191 e. The van der Waals surface area contributed by atoms with Gasteiger partial charge in [-0.1, -0.05) is 13.8 Å². The molecule has 2 heterocycles. The van der Waals surface area contributed by atoms with Crippen molar-refractivity contribution in [2.45, 2.75) is 52.1 Å². The van der Waals surface area contributed by atoms with Crippen molar-refractivity contribution in [3.05, 3.63) is 0 Å². The van der Waals surface area contributed by atoms with Crippen LogP contribution in [0.25, 0.3) is 0 Å². The van der Waals surface area contributed by atoms with E-state index in [1.54, 1.807) is 0 Å². The van der Waals surface area contributed by atoms with Gasteiger partial charge in [-0.05, 0) is 39.3 Å². The van der Waals surface area contributed by atoms with Gasteiger partial charge in [0.15, 0.2) is 5.96 Å². The van der Waals surface area contributed by atoms with Gasteiger partial charge >= 0.3 is 0 Å². The van der Waals surface area contributed by atoms with Gasteiger partial charge < -0.3 is 20.4 Å². The van der Waals surface area contributed by atoms with Gasteiger partial charge in [0.1, 0.15) is 0 Å². The Hall–Kier alpha value is -0.120. The van der Waals surface area contributed by atoms with E-state index in [1.165, 1.54) is 71.6 Å². The first-order valence-corrected chi connectivity index (χ1v) is 10.3. The predicted octanol–water partition coefficient (Wildman–Crippen LogP) is 1.67. The van der Waals surface area contributed by atoms with Crippen LogP contribution in [0.4, 0.5) is 0 Å². The van der Waals surface area contributed by atoms with E-state index in [-0.39, 0.29) is 24.0 Å². The Morgan fingerprint density at radius 2 is 1.69 bits per heavy atom. The number of hydrogen-bond donors (Lipinski definition) is 2. The van der Waals surface area contributed by atoms with Crippen molar-refractivity contribution in [1.82, 2.24) is 25.3 Å². The molecule has 154 valence electrons. The molecule has 2 fully saturated rings. The molecule has 0 radical (unpaired) electrons. The number of halogens is 1. The zero-order chi connectivity index (χ0) is 18.1. The SMILES string of the molecule is CCCN1CCC(NC(=NC)NCC(C)N2CCN(CC)CC2)CC1.I. The minimum Gasteiger partial charge on any atom is -0.355 e. The second-order valence-electron chi connectivity index (χ2n) is 7.53. The van der Waals surface area contributed by atoms with Gasteiger partial charge in [-0.3, -0.25) is 9.89 Å². The normalized spacial score (nSPS) is 22.7. The van der Waals surface area contributed by atoms with Gasteiger partial charge in [0.2, 0.25) is 0 Å². The third-order valence-electron chi connectivity index (χ3n) is 5.73. The number of rotatable bonds is 7. The molecule has 7 heteroatoms. The molecule has 2 aliphatic heterocycles. The van der Waals surface area contributed by atoms with Gasteiger partial charge in [0.25, 0.3) is 0 Å². The van der Waals surface area contributed by atoms with E-state index in [1.807, 2.05) is 7.05 Å². The number of guanidine groups is 1. The summed E-state index contributed by atoms with van der Waals surface area (Å²) >= 11 is 0. The van der Waals surface area contributed by atoms with Crippen LogP contribution in [0.1, 0.15) is 40.0 Å². The highest BCUT2D eigenvalue weighted by atomic mass is 127. The Balaban J connectivity index is 0.00000338. The molecule has 0 aromatic heterocycles. The second kappa shape index (κ2) is 13.1. The van der Waals surface area contributed by atoms with Crippen LogP contribution in [0.15, 0.2) is 4.99 Å². The van der Waals surface area contributed by atoms with Gasteiger partial charge in [-0.2, -0.15) is 0 Å². The van der Waals surface area contributed by atoms with Crippen LogP contribution in [0.3, 0.4) is 0 Å². The van der Waals surface area contributed by atoms with Gasteiger partial charge in [0, 0.05) is 64.9 Å². The summed E-state index contributed by atoms with van der Waals surface area (Å²) in [5.41, 5.74) is 0. The number of likely N-dealkylation sites (N-methyl/N-ethyl adjacent to an activating group) is 1. The lowest BCUT2D eigenvalue weighted by atomic mass is 10.1. The topological polar surface area (TPSA) is 46.1 Å². The average molecular weight is 480 g/mol. The van der Waals surface area contributed by atoms with Crippen molar-refractivity contribution in [1.29, 1.82) is 0 Å². The van der Waals surface area contributed by atoms with Crippen molar-refractivity contribution < 1.29 is 0 Å². The number of hydrogen-bond acceptors (Lipinski definition) is 4. The van der Waals surface area contributed by atoms with E-state index >= 15 is 0 Å².